The summed E-state index contributed by atoms with van der Waals surface area (Å²) in [6.07, 6.45) is 2.41. The highest BCUT2D eigenvalue weighted by Gasteiger charge is 2.42. The van der Waals surface area contributed by atoms with Crippen molar-refractivity contribution in [2.24, 2.45) is 11.1 Å². The maximum Gasteiger partial charge on any atom is 0.127 e. The summed E-state index contributed by atoms with van der Waals surface area (Å²) in [4.78, 5) is 0. The second-order valence-corrected chi connectivity index (χ2v) is 4.97. The van der Waals surface area contributed by atoms with E-state index in [0.717, 1.165) is 18.9 Å². The summed E-state index contributed by atoms with van der Waals surface area (Å²) in [6.45, 7) is 1.48. The van der Waals surface area contributed by atoms with Crippen LogP contribution in [-0.4, -0.2) is 13.2 Å². The molecule has 2 aromatic rings. The van der Waals surface area contributed by atoms with Crippen LogP contribution in [0.25, 0.3) is 10.8 Å². The van der Waals surface area contributed by atoms with E-state index in [2.05, 4.69) is 18.2 Å². The van der Waals surface area contributed by atoms with Gasteiger partial charge in [0.05, 0.1) is 6.61 Å². The van der Waals surface area contributed by atoms with Crippen LogP contribution in [0.5, 0.6) is 5.75 Å². The average Bonchev–Trinajstić information content (AvgIpc) is 3.17. The van der Waals surface area contributed by atoms with Crippen molar-refractivity contribution in [2.75, 3.05) is 13.2 Å². The average molecular weight is 227 g/mol. The Balaban J connectivity index is 1.85. The van der Waals surface area contributed by atoms with E-state index in [4.69, 9.17) is 10.5 Å². The quantitative estimate of drug-likeness (QED) is 0.871. The summed E-state index contributed by atoms with van der Waals surface area (Å²) >= 11 is 0. The molecule has 0 aromatic heterocycles. The third kappa shape index (κ3) is 2.01. The lowest BCUT2D eigenvalue weighted by Gasteiger charge is -2.15. The van der Waals surface area contributed by atoms with Gasteiger partial charge in [0.15, 0.2) is 0 Å². The minimum atomic E-state index is 0.261. The standard InChI is InChI=1S/C15H17NO/c16-10-15(8-9-15)11-17-14-7-3-5-12-4-1-2-6-13(12)14/h1-7H,8-11,16H2. The Hall–Kier alpha value is -1.54. The minimum absolute atomic E-state index is 0.261. The Labute approximate surface area is 101 Å². The van der Waals surface area contributed by atoms with Crippen molar-refractivity contribution < 1.29 is 4.74 Å². The Morgan fingerprint density at radius 1 is 1.06 bits per heavy atom. The van der Waals surface area contributed by atoms with Gasteiger partial charge in [-0.05, 0) is 24.3 Å². The first kappa shape index (κ1) is 10.6. The molecule has 17 heavy (non-hydrogen) atoms. The van der Waals surface area contributed by atoms with Crippen molar-refractivity contribution in [3.8, 4) is 5.75 Å². The molecule has 3 rings (SSSR count). The second kappa shape index (κ2) is 4.04. The zero-order valence-electron chi connectivity index (χ0n) is 9.86. The molecule has 2 nitrogen and oxygen atoms in total. The molecule has 1 saturated carbocycles. The van der Waals surface area contributed by atoms with E-state index in [1.165, 1.54) is 23.6 Å². The fourth-order valence-corrected chi connectivity index (χ4v) is 2.14. The Morgan fingerprint density at radius 2 is 1.82 bits per heavy atom. The van der Waals surface area contributed by atoms with E-state index in [0.29, 0.717) is 0 Å². The molecule has 2 aromatic carbocycles. The van der Waals surface area contributed by atoms with E-state index in [1.54, 1.807) is 0 Å². The molecule has 0 unspecified atom stereocenters. The maximum absolute atomic E-state index is 5.96. The van der Waals surface area contributed by atoms with E-state index >= 15 is 0 Å². The molecule has 0 spiro atoms. The molecule has 2 N–H and O–H groups in total. The highest BCUT2D eigenvalue weighted by Crippen LogP contribution is 2.45. The lowest BCUT2D eigenvalue weighted by Crippen LogP contribution is -2.22. The van der Waals surface area contributed by atoms with E-state index in [1.807, 2.05) is 24.3 Å². The fraction of sp³-hybridized carbons (Fsp3) is 0.333. The summed E-state index contributed by atoms with van der Waals surface area (Å²) in [5.41, 5.74) is 6.03. The van der Waals surface area contributed by atoms with E-state index in [-0.39, 0.29) is 5.41 Å². The Morgan fingerprint density at radius 3 is 2.59 bits per heavy atom. The van der Waals surface area contributed by atoms with Gasteiger partial charge in [0.1, 0.15) is 5.75 Å². The SMILES string of the molecule is NCC1(COc2cccc3ccccc23)CC1. The first-order chi connectivity index (χ1) is 8.33. The van der Waals surface area contributed by atoms with Gasteiger partial charge in [-0.3, -0.25) is 0 Å². The van der Waals surface area contributed by atoms with Crippen molar-refractivity contribution >= 4 is 10.8 Å². The molecular formula is C15H17NO. The zero-order chi connectivity index (χ0) is 11.7. The highest BCUT2D eigenvalue weighted by atomic mass is 16.5. The van der Waals surface area contributed by atoms with Crippen LogP contribution in [-0.2, 0) is 0 Å². The van der Waals surface area contributed by atoms with Crippen LogP contribution in [0.3, 0.4) is 0 Å². The summed E-state index contributed by atoms with van der Waals surface area (Å²) in [7, 11) is 0. The zero-order valence-corrected chi connectivity index (χ0v) is 9.86. The van der Waals surface area contributed by atoms with Crippen LogP contribution in [0.1, 0.15) is 12.8 Å². The highest BCUT2D eigenvalue weighted by molar-refractivity contribution is 5.88. The lowest BCUT2D eigenvalue weighted by molar-refractivity contribution is 0.241. The van der Waals surface area contributed by atoms with Gasteiger partial charge in [0.2, 0.25) is 0 Å². The van der Waals surface area contributed by atoms with Crippen LogP contribution in [0.2, 0.25) is 0 Å². The lowest BCUT2D eigenvalue weighted by atomic mass is 10.1. The number of rotatable bonds is 4. The van der Waals surface area contributed by atoms with E-state index in [9.17, 15) is 0 Å². The van der Waals surface area contributed by atoms with Gasteiger partial charge in [-0.1, -0.05) is 36.4 Å². The van der Waals surface area contributed by atoms with Gasteiger partial charge in [0.25, 0.3) is 0 Å². The van der Waals surface area contributed by atoms with Crippen molar-refractivity contribution in [3.05, 3.63) is 42.5 Å². The van der Waals surface area contributed by atoms with Crippen LogP contribution >= 0.6 is 0 Å². The largest absolute Gasteiger partial charge is 0.492 e. The number of fused-ring (bicyclic) bond motifs is 1. The summed E-state index contributed by atoms with van der Waals surface area (Å²) < 4.78 is 5.96. The smallest absolute Gasteiger partial charge is 0.127 e. The van der Waals surface area contributed by atoms with Gasteiger partial charge in [0, 0.05) is 17.3 Å². The number of ether oxygens (including phenoxy) is 1. The van der Waals surface area contributed by atoms with Gasteiger partial charge in [-0.2, -0.15) is 0 Å². The molecule has 1 aliphatic carbocycles. The number of benzene rings is 2. The number of hydrogen-bond acceptors (Lipinski definition) is 2. The van der Waals surface area contributed by atoms with Gasteiger partial charge < -0.3 is 10.5 Å². The molecule has 2 heteroatoms. The summed E-state index contributed by atoms with van der Waals surface area (Å²) in [5, 5.41) is 2.41. The number of hydrogen-bond donors (Lipinski definition) is 1. The maximum atomic E-state index is 5.96. The van der Waals surface area contributed by atoms with Crippen molar-refractivity contribution in [2.45, 2.75) is 12.8 Å². The van der Waals surface area contributed by atoms with Gasteiger partial charge >= 0.3 is 0 Å². The van der Waals surface area contributed by atoms with Crippen LogP contribution in [0.4, 0.5) is 0 Å². The van der Waals surface area contributed by atoms with Crippen molar-refractivity contribution in [3.63, 3.8) is 0 Å². The molecule has 0 radical (unpaired) electrons. The molecule has 1 aliphatic rings. The Kier molecular flexibility index (Phi) is 2.52. The number of nitrogens with two attached hydrogens (primary N) is 1. The molecule has 0 saturated heterocycles. The van der Waals surface area contributed by atoms with Crippen molar-refractivity contribution in [1.82, 2.24) is 0 Å². The molecule has 0 aliphatic heterocycles. The third-order valence-electron chi connectivity index (χ3n) is 3.67. The van der Waals surface area contributed by atoms with Crippen LogP contribution in [0, 0.1) is 5.41 Å². The molecule has 0 atom stereocenters. The minimum Gasteiger partial charge on any atom is -0.492 e. The van der Waals surface area contributed by atoms with Gasteiger partial charge in [-0.25, -0.2) is 0 Å². The topological polar surface area (TPSA) is 35.2 Å². The fourth-order valence-electron chi connectivity index (χ4n) is 2.14. The summed E-state index contributed by atoms with van der Waals surface area (Å²) in [6, 6.07) is 14.5. The van der Waals surface area contributed by atoms with Crippen LogP contribution < -0.4 is 10.5 Å². The monoisotopic (exact) mass is 227 g/mol. The van der Waals surface area contributed by atoms with Gasteiger partial charge in [-0.15, -0.1) is 0 Å². The second-order valence-electron chi connectivity index (χ2n) is 4.97. The summed E-state index contributed by atoms with van der Waals surface area (Å²) in [5.74, 6) is 0.975. The van der Waals surface area contributed by atoms with E-state index < -0.39 is 0 Å². The molecule has 1 fully saturated rings. The molecule has 0 amide bonds. The molecule has 88 valence electrons. The molecule has 0 heterocycles. The van der Waals surface area contributed by atoms with Crippen LogP contribution in [0.15, 0.2) is 42.5 Å². The third-order valence-corrected chi connectivity index (χ3v) is 3.67. The predicted octanol–water partition coefficient (Wildman–Crippen LogP) is 2.96. The normalized spacial score (nSPS) is 17.0. The first-order valence-corrected chi connectivity index (χ1v) is 6.14. The predicted molar refractivity (Wildman–Crippen MR) is 70.2 cm³/mol. The molecule has 0 bridgehead atoms. The van der Waals surface area contributed by atoms with Crippen molar-refractivity contribution in [1.29, 1.82) is 0 Å². The Bertz CT molecular complexity index is 526. The first-order valence-electron chi connectivity index (χ1n) is 6.14. The molecular weight excluding hydrogens is 210 g/mol.